The van der Waals surface area contributed by atoms with Crippen molar-refractivity contribution in [2.45, 2.75) is 32.7 Å². The van der Waals surface area contributed by atoms with Crippen molar-refractivity contribution in [3.8, 4) is 0 Å². The molecule has 3 rings (SSSR count). The van der Waals surface area contributed by atoms with Crippen LogP contribution in [0.2, 0.25) is 0 Å². The van der Waals surface area contributed by atoms with E-state index in [9.17, 15) is 4.79 Å². The van der Waals surface area contributed by atoms with Gasteiger partial charge in [-0.2, -0.15) is 0 Å². The maximum atomic E-state index is 10.7. The predicted molar refractivity (Wildman–Crippen MR) is 84.2 cm³/mol. The number of benzene rings is 2. The molecule has 0 aliphatic carbocycles. The van der Waals surface area contributed by atoms with Gasteiger partial charge in [-0.15, -0.1) is 0 Å². The number of aldehydes is 1. The highest BCUT2D eigenvalue weighted by Crippen LogP contribution is 2.31. The van der Waals surface area contributed by atoms with Gasteiger partial charge in [0, 0.05) is 34.8 Å². The first-order valence-corrected chi connectivity index (χ1v) is 7.20. The van der Waals surface area contributed by atoms with Gasteiger partial charge in [-0.05, 0) is 36.6 Å². The second-order valence-electron chi connectivity index (χ2n) is 5.34. The average molecular weight is 265 g/mol. The largest absolute Gasteiger partial charge is 0.341 e. The molecule has 0 bridgehead atoms. The average Bonchev–Trinajstić information content (AvgIpc) is 2.80. The quantitative estimate of drug-likeness (QED) is 0.636. The maximum Gasteiger partial charge on any atom is 0.120 e. The fraction of sp³-hybridized carbons (Fsp3) is 0.278. The van der Waals surface area contributed by atoms with E-state index in [0.29, 0.717) is 6.42 Å². The van der Waals surface area contributed by atoms with Crippen molar-refractivity contribution in [2.75, 3.05) is 0 Å². The molecular weight excluding hydrogens is 246 g/mol. The van der Waals surface area contributed by atoms with Crippen molar-refractivity contribution in [1.29, 1.82) is 0 Å². The summed E-state index contributed by atoms with van der Waals surface area (Å²) in [5, 5.41) is 2.59. The lowest BCUT2D eigenvalue weighted by Gasteiger charge is -2.09. The molecule has 0 saturated carbocycles. The number of carbonyl (C=O) groups excluding carboxylic acids is 1. The molecule has 0 aliphatic heterocycles. The first-order chi connectivity index (χ1) is 9.76. The monoisotopic (exact) mass is 265 g/mol. The van der Waals surface area contributed by atoms with Crippen LogP contribution < -0.4 is 0 Å². The summed E-state index contributed by atoms with van der Waals surface area (Å²) in [5.41, 5.74) is 3.80. The third-order valence-corrected chi connectivity index (χ3v) is 4.13. The first-order valence-electron chi connectivity index (χ1n) is 7.20. The molecule has 0 spiro atoms. The zero-order chi connectivity index (χ0) is 14.1. The van der Waals surface area contributed by atoms with E-state index < -0.39 is 0 Å². The van der Waals surface area contributed by atoms with Crippen LogP contribution >= 0.6 is 0 Å². The van der Waals surface area contributed by atoms with Crippen molar-refractivity contribution < 1.29 is 4.79 Å². The Bertz CT molecular complexity index is 770. The van der Waals surface area contributed by atoms with Gasteiger partial charge in [-0.3, -0.25) is 0 Å². The molecular formula is C18H19NO. The van der Waals surface area contributed by atoms with E-state index in [4.69, 9.17) is 0 Å². The molecule has 0 amide bonds. The van der Waals surface area contributed by atoms with Crippen LogP contribution in [-0.2, 0) is 11.3 Å². The second kappa shape index (κ2) is 5.12. The van der Waals surface area contributed by atoms with Gasteiger partial charge in [0.25, 0.3) is 0 Å². The SMILES string of the molecule is CCn1c2ccccc2c2cc(C(C)CC=O)ccc21. The molecule has 3 aromatic rings. The van der Waals surface area contributed by atoms with Crippen LogP contribution in [0, 0.1) is 0 Å². The van der Waals surface area contributed by atoms with Crippen LogP contribution in [0.15, 0.2) is 42.5 Å². The molecule has 1 heterocycles. The molecule has 0 aliphatic rings. The highest BCUT2D eigenvalue weighted by molar-refractivity contribution is 6.08. The van der Waals surface area contributed by atoms with Gasteiger partial charge in [-0.1, -0.05) is 31.2 Å². The Balaban J connectivity index is 2.28. The van der Waals surface area contributed by atoms with E-state index in [0.717, 1.165) is 12.8 Å². The van der Waals surface area contributed by atoms with E-state index in [-0.39, 0.29) is 5.92 Å². The van der Waals surface area contributed by atoms with Crippen LogP contribution in [0.3, 0.4) is 0 Å². The van der Waals surface area contributed by atoms with Crippen molar-refractivity contribution >= 4 is 28.1 Å². The molecule has 1 unspecified atom stereocenters. The third kappa shape index (κ3) is 1.92. The van der Waals surface area contributed by atoms with Crippen LogP contribution in [0.4, 0.5) is 0 Å². The lowest BCUT2D eigenvalue weighted by atomic mass is 9.97. The van der Waals surface area contributed by atoms with Gasteiger partial charge in [0.2, 0.25) is 0 Å². The number of nitrogens with zero attached hydrogens (tertiary/aromatic N) is 1. The summed E-state index contributed by atoms with van der Waals surface area (Å²) in [7, 11) is 0. The lowest BCUT2D eigenvalue weighted by molar-refractivity contribution is -0.108. The van der Waals surface area contributed by atoms with E-state index >= 15 is 0 Å². The molecule has 0 radical (unpaired) electrons. The molecule has 20 heavy (non-hydrogen) atoms. The number of aryl methyl sites for hydroxylation is 1. The Hall–Kier alpha value is -2.09. The molecule has 0 saturated heterocycles. The van der Waals surface area contributed by atoms with Crippen LogP contribution in [-0.4, -0.2) is 10.9 Å². The number of aromatic nitrogens is 1. The summed E-state index contributed by atoms with van der Waals surface area (Å²) in [6, 6.07) is 15.1. The highest BCUT2D eigenvalue weighted by Gasteiger charge is 2.11. The summed E-state index contributed by atoms with van der Waals surface area (Å²) in [6.07, 6.45) is 1.59. The van der Waals surface area contributed by atoms with Crippen molar-refractivity contribution in [1.82, 2.24) is 4.57 Å². The van der Waals surface area contributed by atoms with Crippen LogP contribution in [0.5, 0.6) is 0 Å². The summed E-state index contributed by atoms with van der Waals surface area (Å²) < 4.78 is 2.35. The van der Waals surface area contributed by atoms with Crippen LogP contribution in [0.1, 0.15) is 31.7 Å². The fourth-order valence-electron chi connectivity index (χ4n) is 3.00. The molecule has 1 atom stereocenters. The molecule has 2 aromatic carbocycles. The zero-order valence-electron chi connectivity index (χ0n) is 12.0. The van der Waals surface area contributed by atoms with Crippen molar-refractivity contribution in [2.24, 2.45) is 0 Å². The summed E-state index contributed by atoms with van der Waals surface area (Å²) in [6.45, 7) is 5.25. The Kier molecular flexibility index (Phi) is 3.31. The minimum Gasteiger partial charge on any atom is -0.341 e. The van der Waals surface area contributed by atoms with E-state index in [2.05, 4.69) is 60.9 Å². The smallest absolute Gasteiger partial charge is 0.120 e. The Morgan fingerprint density at radius 3 is 2.60 bits per heavy atom. The number of fused-ring (bicyclic) bond motifs is 3. The Labute approximate surface area is 119 Å². The number of para-hydroxylation sites is 1. The summed E-state index contributed by atoms with van der Waals surface area (Å²) in [4.78, 5) is 10.7. The number of hydrogen-bond donors (Lipinski definition) is 0. The minimum absolute atomic E-state index is 0.278. The Morgan fingerprint density at radius 2 is 1.85 bits per heavy atom. The van der Waals surface area contributed by atoms with Gasteiger partial charge in [-0.25, -0.2) is 0 Å². The molecule has 2 heteroatoms. The van der Waals surface area contributed by atoms with E-state index in [1.54, 1.807) is 0 Å². The maximum absolute atomic E-state index is 10.7. The summed E-state index contributed by atoms with van der Waals surface area (Å²) in [5.74, 6) is 0.278. The van der Waals surface area contributed by atoms with E-state index in [1.165, 1.54) is 27.4 Å². The first kappa shape index (κ1) is 12.9. The highest BCUT2D eigenvalue weighted by atomic mass is 16.1. The second-order valence-corrected chi connectivity index (χ2v) is 5.34. The minimum atomic E-state index is 0.278. The topological polar surface area (TPSA) is 22.0 Å². The molecule has 0 fully saturated rings. The molecule has 102 valence electrons. The fourth-order valence-corrected chi connectivity index (χ4v) is 3.00. The van der Waals surface area contributed by atoms with Gasteiger partial charge in [0.15, 0.2) is 0 Å². The molecule has 2 nitrogen and oxygen atoms in total. The van der Waals surface area contributed by atoms with Crippen molar-refractivity contribution in [3.05, 3.63) is 48.0 Å². The number of rotatable bonds is 4. The standard InChI is InChI=1S/C18H19NO/c1-3-19-17-7-5-4-6-15(17)16-12-14(8-9-18(16)19)13(2)10-11-20/h4-9,11-13H,3,10H2,1-2H3. The molecule has 0 N–H and O–H groups in total. The predicted octanol–water partition coefficient (Wildman–Crippen LogP) is 4.51. The van der Waals surface area contributed by atoms with E-state index in [1.807, 2.05) is 0 Å². The lowest BCUT2D eigenvalue weighted by Crippen LogP contribution is -1.95. The summed E-state index contributed by atoms with van der Waals surface area (Å²) >= 11 is 0. The number of carbonyl (C=O) groups is 1. The Morgan fingerprint density at radius 1 is 1.10 bits per heavy atom. The van der Waals surface area contributed by atoms with Gasteiger partial charge < -0.3 is 9.36 Å². The van der Waals surface area contributed by atoms with Gasteiger partial charge in [0.1, 0.15) is 6.29 Å². The van der Waals surface area contributed by atoms with Gasteiger partial charge in [0.05, 0.1) is 0 Å². The van der Waals surface area contributed by atoms with Gasteiger partial charge >= 0.3 is 0 Å². The third-order valence-electron chi connectivity index (χ3n) is 4.13. The normalized spacial score (nSPS) is 12.9. The van der Waals surface area contributed by atoms with Crippen molar-refractivity contribution in [3.63, 3.8) is 0 Å². The zero-order valence-corrected chi connectivity index (χ0v) is 12.0. The van der Waals surface area contributed by atoms with Crippen LogP contribution in [0.25, 0.3) is 21.8 Å². The number of hydrogen-bond acceptors (Lipinski definition) is 1. The molecule has 1 aromatic heterocycles.